The van der Waals surface area contributed by atoms with Crippen LogP contribution in [0.5, 0.6) is 0 Å². The van der Waals surface area contributed by atoms with Gasteiger partial charge in [-0.2, -0.15) is 0 Å². The fraction of sp³-hybridized carbons (Fsp3) is 0.938. The molecule has 2 rings (SSSR count). The van der Waals surface area contributed by atoms with Crippen LogP contribution in [0, 0.1) is 11.3 Å². The van der Waals surface area contributed by atoms with E-state index in [4.69, 9.17) is 5.73 Å². The van der Waals surface area contributed by atoms with Crippen molar-refractivity contribution >= 4 is 5.91 Å². The molecular weight excluding hydrogens is 250 g/mol. The second-order valence-corrected chi connectivity index (χ2v) is 7.24. The zero-order valence-corrected chi connectivity index (χ0v) is 13.1. The summed E-state index contributed by atoms with van der Waals surface area (Å²) in [4.78, 5) is 11.4. The Morgan fingerprint density at radius 2 is 1.90 bits per heavy atom. The molecule has 4 heteroatoms. The molecule has 4 nitrogen and oxygen atoms in total. The van der Waals surface area contributed by atoms with Crippen LogP contribution < -0.4 is 16.4 Å². The van der Waals surface area contributed by atoms with Gasteiger partial charge in [0.1, 0.15) is 0 Å². The first-order chi connectivity index (χ1) is 9.50. The highest BCUT2D eigenvalue weighted by Gasteiger charge is 2.34. The molecule has 0 radical (unpaired) electrons. The molecule has 1 amide bonds. The summed E-state index contributed by atoms with van der Waals surface area (Å²) in [6.45, 7) is 5.72. The van der Waals surface area contributed by atoms with Gasteiger partial charge in [0.25, 0.3) is 0 Å². The zero-order valence-electron chi connectivity index (χ0n) is 13.1. The van der Waals surface area contributed by atoms with Crippen LogP contribution in [-0.2, 0) is 4.79 Å². The van der Waals surface area contributed by atoms with E-state index < -0.39 is 5.41 Å². The molecule has 1 heterocycles. The summed E-state index contributed by atoms with van der Waals surface area (Å²) in [7, 11) is 0. The minimum atomic E-state index is -0.456. The average Bonchev–Trinajstić information content (AvgIpc) is 2.46. The van der Waals surface area contributed by atoms with Gasteiger partial charge in [-0.05, 0) is 52.0 Å². The largest absolute Gasteiger partial charge is 0.369 e. The van der Waals surface area contributed by atoms with E-state index in [-0.39, 0.29) is 5.91 Å². The molecule has 3 unspecified atom stereocenters. The van der Waals surface area contributed by atoms with Gasteiger partial charge in [-0.1, -0.05) is 19.3 Å². The summed E-state index contributed by atoms with van der Waals surface area (Å²) in [6.07, 6.45) is 9.17. The lowest BCUT2D eigenvalue weighted by Gasteiger charge is -2.41. The first kappa shape index (κ1) is 15.8. The van der Waals surface area contributed by atoms with Crippen molar-refractivity contribution in [3.05, 3.63) is 0 Å². The Kier molecular flexibility index (Phi) is 5.44. The Bertz CT molecular complexity index is 324. The number of amides is 1. The summed E-state index contributed by atoms with van der Waals surface area (Å²) >= 11 is 0. The molecule has 0 aromatic carbocycles. The molecule has 2 aliphatic rings. The minimum Gasteiger partial charge on any atom is -0.369 e. The molecule has 1 saturated carbocycles. The monoisotopic (exact) mass is 281 g/mol. The predicted molar refractivity (Wildman–Crippen MR) is 82.4 cm³/mol. The van der Waals surface area contributed by atoms with Crippen molar-refractivity contribution in [3.8, 4) is 0 Å². The predicted octanol–water partition coefficient (Wildman–Crippen LogP) is 1.79. The van der Waals surface area contributed by atoms with E-state index in [0.717, 1.165) is 0 Å². The zero-order chi connectivity index (χ0) is 14.6. The van der Waals surface area contributed by atoms with Crippen LogP contribution in [0.1, 0.15) is 58.8 Å². The Labute approximate surface area is 123 Å². The number of nitrogens with two attached hydrogens (primary N) is 1. The van der Waals surface area contributed by atoms with Crippen molar-refractivity contribution in [1.29, 1.82) is 0 Å². The van der Waals surface area contributed by atoms with Gasteiger partial charge in [0.05, 0.1) is 5.41 Å². The van der Waals surface area contributed by atoms with Gasteiger partial charge in [0, 0.05) is 18.6 Å². The van der Waals surface area contributed by atoms with Gasteiger partial charge >= 0.3 is 0 Å². The highest BCUT2D eigenvalue weighted by atomic mass is 16.1. The molecule has 4 N–H and O–H groups in total. The van der Waals surface area contributed by atoms with Crippen LogP contribution in [-0.4, -0.2) is 31.1 Å². The third kappa shape index (κ3) is 3.95. The third-order valence-electron chi connectivity index (χ3n) is 5.16. The van der Waals surface area contributed by atoms with Crippen molar-refractivity contribution in [2.24, 2.45) is 17.1 Å². The number of carbonyl (C=O) groups is 1. The van der Waals surface area contributed by atoms with E-state index in [1.165, 1.54) is 51.5 Å². The van der Waals surface area contributed by atoms with Crippen molar-refractivity contribution in [3.63, 3.8) is 0 Å². The van der Waals surface area contributed by atoms with Crippen molar-refractivity contribution in [2.75, 3.05) is 13.1 Å². The van der Waals surface area contributed by atoms with Crippen LogP contribution in [0.3, 0.4) is 0 Å². The lowest BCUT2D eigenvalue weighted by Crippen LogP contribution is -2.53. The number of nitrogens with one attached hydrogen (secondary N) is 2. The molecule has 3 atom stereocenters. The molecule has 1 aliphatic heterocycles. The molecular formula is C16H31N3O. The number of hydrogen-bond acceptors (Lipinski definition) is 3. The molecule has 0 aromatic heterocycles. The van der Waals surface area contributed by atoms with E-state index >= 15 is 0 Å². The topological polar surface area (TPSA) is 67.2 Å². The minimum absolute atomic E-state index is 0.215. The fourth-order valence-corrected chi connectivity index (χ4v) is 3.61. The maximum absolute atomic E-state index is 11.4. The Morgan fingerprint density at radius 3 is 2.55 bits per heavy atom. The lowest BCUT2D eigenvalue weighted by molar-refractivity contribution is -0.125. The van der Waals surface area contributed by atoms with Crippen molar-refractivity contribution in [1.82, 2.24) is 10.6 Å². The first-order valence-electron chi connectivity index (χ1n) is 8.27. The average molecular weight is 281 g/mol. The molecule has 1 saturated heterocycles. The summed E-state index contributed by atoms with van der Waals surface area (Å²) in [5.74, 6) is 0.501. The number of primary amides is 1. The number of carbonyl (C=O) groups excluding carboxylic acids is 1. The van der Waals surface area contributed by atoms with E-state index in [9.17, 15) is 4.79 Å². The molecule has 20 heavy (non-hydrogen) atoms. The van der Waals surface area contributed by atoms with Crippen LogP contribution >= 0.6 is 0 Å². The van der Waals surface area contributed by atoms with Gasteiger partial charge in [-0.25, -0.2) is 0 Å². The normalized spacial score (nSPS) is 32.0. The second kappa shape index (κ2) is 6.90. The van der Waals surface area contributed by atoms with E-state index in [2.05, 4.69) is 10.6 Å². The van der Waals surface area contributed by atoms with Crippen LogP contribution in [0.2, 0.25) is 0 Å². The van der Waals surface area contributed by atoms with Gasteiger partial charge in [-0.15, -0.1) is 0 Å². The fourth-order valence-electron chi connectivity index (χ4n) is 3.61. The molecule has 0 bridgehead atoms. The van der Waals surface area contributed by atoms with Gasteiger partial charge in [-0.3, -0.25) is 4.79 Å². The SMILES string of the molecule is CC(C)(CNC1CCCCC1C1CCCCN1)C(N)=O. The highest BCUT2D eigenvalue weighted by Crippen LogP contribution is 2.31. The second-order valence-electron chi connectivity index (χ2n) is 7.24. The summed E-state index contributed by atoms with van der Waals surface area (Å²) in [5.41, 5.74) is 5.02. The van der Waals surface area contributed by atoms with E-state index in [1.807, 2.05) is 13.8 Å². The van der Waals surface area contributed by atoms with Crippen LogP contribution in [0.25, 0.3) is 0 Å². The maximum atomic E-state index is 11.4. The summed E-state index contributed by atoms with van der Waals surface area (Å²) in [6, 6.07) is 1.20. The third-order valence-corrected chi connectivity index (χ3v) is 5.16. The molecule has 1 aliphatic carbocycles. The molecule has 2 fully saturated rings. The Hall–Kier alpha value is -0.610. The molecule has 0 aromatic rings. The maximum Gasteiger partial charge on any atom is 0.224 e. The van der Waals surface area contributed by atoms with Gasteiger partial charge < -0.3 is 16.4 Å². The van der Waals surface area contributed by atoms with Gasteiger partial charge in [0.15, 0.2) is 0 Å². The lowest BCUT2D eigenvalue weighted by atomic mass is 9.77. The van der Waals surface area contributed by atoms with Crippen molar-refractivity contribution < 1.29 is 4.79 Å². The van der Waals surface area contributed by atoms with Gasteiger partial charge in [0.2, 0.25) is 5.91 Å². The number of hydrogen-bond donors (Lipinski definition) is 3. The van der Waals surface area contributed by atoms with Crippen LogP contribution in [0.4, 0.5) is 0 Å². The Balaban J connectivity index is 1.91. The first-order valence-corrected chi connectivity index (χ1v) is 8.27. The number of rotatable bonds is 5. The molecule has 116 valence electrons. The number of piperidine rings is 1. The summed E-state index contributed by atoms with van der Waals surface area (Å²) < 4.78 is 0. The standard InChI is InChI=1S/C16H31N3O/c1-16(2,15(17)20)11-19-14-8-4-3-7-12(14)13-9-5-6-10-18-13/h12-14,18-19H,3-11H2,1-2H3,(H2,17,20). The van der Waals surface area contributed by atoms with Crippen molar-refractivity contribution in [2.45, 2.75) is 70.9 Å². The van der Waals surface area contributed by atoms with E-state index in [1.54, 1.807) is 0 Å². The quantitative estimate of drug-likeness (QED) is 0.720. The molecule has 0 spiro atoms. The highest BCUT2D eigenvalue weighted by molar-refractivity contribution is 5.80. The summed E-state index contributed by atoms with van der Waals surface area (Å²) in [5, 5.41) is 7.36. The smallest absolute Gasteiger partial charge is 0.224 e. The van der Waals surface area contributed by atoms with E-state index in [0.29, 0.717) is 24.5 Å². The Morgan fingerprint density at radius 1 is 1.20 bits per heavy atom. The van der Waals surface area contributed by atoms with Crippen LogP contribution in [0.15, 0.2) is 0 Å².